The normalized spacial score (nSPS) is 20.1. The summed E-state index contributed by atoms with van der Waals surface area (Å²) in [7, 11) is 0. The number of ketones is 1. The fraction of sp³-hybridized carbons (Fsp3) is 0.333. The lowest BCUT2D eigenvalue weighted by molar-refractivity contribution is -0.112. The maximum Gasteiger partial charge on any atom is 0.152 e. The highest BCUT2D eigenvalue weighted by Crippen LogP contribution is 2.47. The fourth-order valence-electron chi connectivity index (χ4n) is 4.30. The molecule has 34 heavy (non-hydrogen) atoms. The van der Waals surface area contributed by atoms with Crippen LogP contribution in [0.3, 0.4) is 0 Å². The van der Waals surface area contributed by atoms with Crippen molar-refractivity contribution >= 4 is 23.0 Å². The minimum atomic E-state index is 0.00309. The monoisotopic (exact) mass is 475 g/mol. The second kappa shape index (κ2) is 10.0. The highest BCUT2D eigenvalue weighted by molar-refractivity contribution is 6.30. The van der Waals surface area contributed by atoms with Crippen LogP contribution < -0.4 is 16.2 Å². The maximum atomic E-state index is 11.5. The molecule has 0 bridgehead atoms. The molecule has 0 amide bonds. The SMILES string of the molecule is CC(=O)/C=C\C(=C/NNC[C@H]1C[C@@H]1c1cccc(Cl)c1)NCc1cn2cc(C3CC3)ccc2n1. The Labute approximate surface area is 205 Å². The number of carbonyl (C=O) groups is 1. The largest absolute Gasteiger partial charge is 0.378 e. The number of hydrogen-bond acceptors (Lipinski definition) is 5. The van der Waals surface area contributed by atoms with E-state index in [1.165, 1.54) is 24.0 Å². The predicted molar refractivity (Wildman–Crippen MR) is 135 cm³/mol. The van der Waals surface area contributed by atoms with Gasteiger partial charge in [0.2, 0.25) is 0 Å². The summed E-state index contributed by atoms with van der Waals surface area (Å²) in [6.45, 7) is 2.96. The maximum absolute atomic E-state index is 11.5. The van der Waals surface area contributed by atoms with Crippen LogP contribution in [0.25, 0.3) is 5.65 Å². The van der Waals surface area contributed by atoms with Gasteiger partial charge in [-0.15, -0.1) is 0 Å². The summed E-state index contributed by atoms with van der Waals surface area (Å²) in [4.78, 5) is 16.2. The third-order valence-corrected chi connectivity index (χ3v) is 6.67. The topological polar surface area (TPSA) is 70.5 Å². The van der Waals surface area contributed by atoms with Crippen LogP contribution >= 0.6 is 11.6 Å². The van der Waals surface area contributed by atoms with E-state index in [0.29, 0.717) is 18.4 Å². The van der Waals surface area contributed by atoms with Gasteiger partial charge >= 0.3 is 0 Å². The highest BCUT2D eigenvalue weighted by Gasteiger charge is 2.37. The highest BCUT2D eigenvalue weighted by atomic mass is 35.5. The van der Waals surface area contributed by atoms with E-state index >= 15 is 0 Å². The van der Waals surface area contributed by atoms with Crippen molar-refractivity contribution in [2.75, 3.05) is 6.54 Å². The number of pyridine rings is 1. The van der Waals surface area contributed by atoms with Crippen LogP contribution in [0.2, 0.25) is 5.02 Å². The van der Waals surface area contributed by atoms with E-state index < -0.39 is 0 Å². The number of nitrogens with one attached hydrogen (secondary N) is 3. The molecule has 3 aromatic rings. The van der Waals surface area contributed by atoms with Gasteiger partial charge in [0.15, 0.2) is 5.78 Å². The second-order valence-corrected chi connectivity index (χ2v) is 9.75. The second-order valence-electron chi connectivity index (χ2n) is 9.31. The molecule has 0 radical (unpaired) electrons. The summed E-state index contributed by atoms with van der Waals surface area (Å²) in [5.74, 6) is 1.86. The van der Waals surface area contributed by atoms with E-state index in [2.05, 4.69) is 57.2 Å². The first-order chi connectivity index (χ1) is 16.5. The van der Waals surface area contributed by atoms with Crippen LogP contribution in [-0.4, -0.2) is 21.7 Å². The number of benzene rings is 1. The third kappa shape index (κ3) is 5.88. The molecular weight excluding hydrogens is 446 g/mol. The molecule has 7 heteroatoms. The molecule has 176 valence electrons. The van der Waals surface area contributed by atoms with Gasteiger partial charge in [-0.2, -0.15) is 0 Å². The third-order valence-electron chi connectivity index (χ3n) is 6.44. The zero-order chi connectivity index (χ0) is 23.5. The summed E-state index contributed by atoms with van der Waals surface area (Å²) >= 11 is 6.12. The van der Waals surface area contributed by atoms with E-state index in [0.717, 1.165) is 40.9 Å². The van der Waals surface area contributed by atoms with Crippen LogP contribution in [-0.2, 0) is 11.3 Å². The first-order valence-electron chi connectivity index (χ1n) is 11.9. The summed E-state index contributed by atoms with van der Waals surface area (Å²) in [5.41, 5.74) is 11.8. The predicted octanol–water partition coefficient (Wildman–Crippen LogP) is 4.84. The molecule has 5 rings (SSSR count). The smallest absolute Gasteiger partial charge is 0.152 e. The van der Waals surface area contributed by atoms with Gasteiger partial charge in [-0.25, -0.2) is 10.4 Å². The number of rotatable bonds is 11. The number of hydrazine groups is 1. The molecule has 3 N–H and O–H groups in total. The van der Waals surface area contributed by atoms with E-state index in [4.69, 9.17) is 16.6 Å². The Hall–Kier alpha value is -3.09. The Morgan fingerprint density at radius 2 is 2.06 bits per heavy atom. The Morgan fingerprint density at radius 3 is 2.85 bits per heavy atom. The van der Waals surface area contributed by atoms with Gasteiger partial charge in [0.1, 0.15) is 5.65 Å². The first kappa shape index (κ1) is 22.7. The lowest BCUT2D eigenvalue weighted by atomic mass is 10.1. The molecule has 2 saturated carbocycles. The summed E-state index contributed by atoms with van der Waals surface area (Å²) in [5, 5.41) is 4.17. The molecule has 2 atom stereocenters. The van der Waals surface area contributed by atoms with Crippen molar-refractivity contribution in [1.29, 1.82) is 0 Å². The number of imidazole rings is 1. The van der Waals surface area contributed by atoms with Crippen molar-refractivity contribution in [2.45, 2.75) is 44.6 Å². The Balaban J connectivity index is 1.15. The van der Waals surface area contributed by atoms with Gasteiger partial charge in [-0.3, -0.25) is 4.79 Å². The fourth-order valence-corrected chi connectivity index (χ4v) is 4.50. The van der Waals surface area contributed by atoms with Gasteiger partial charge in [0.25, 0.3) is 0 Å². The molecule has 2 aromatic heterocycles. The van der Waals surface area contributed by atoms with Crippen LogP contribution in [0.15, 0.2) is 72.8 Å². The van der Waals surface area contributed by atoms with Gasteiger partial charge in [-0.05, 0) is 85.4 Å². The van der Waals surface area contributed by atoms with Gasteiger partial charge < -0.3 is 15.1 Å². The number of allylic oxidation sites excluding steroid dienone is 2. The molecule has 6 nitrogen and oxygen atoms in total. The molecule has 0 unspecified atom stereocenters. The lowest BCUT2D eigenvalue weighted by Crippen LogP contribution is -2.30. The van der Waals surface area contributed by atoms with Gasteiger partial charge in [-0.1, -0.05) is 29.8 Å². The Morgan fingerprint density at radius 1 is 1.18 bits per heavy atom. The van der Waals surface area contributed by atoms with Crippen molar-refractivity contribution in [3.8, 4) is 0 Å². The van der Waals surface area contributed by atoms with E-state index in [1.807, 2.05) is 18.3 Å². The number of fused-ring (bicyclic) bond motifs is 1. The molecule has 2 aliphatic carbocycles. The van der Waals surface area contributed by atoms with Crippen molar-refractivity contribution < 1.29 is 4.79 Å². The summed E-state index contributed by atoms with van der Waals surface area (Å²) < 4.78 is 2.10. The van der Waals surface area contributed by atoms with Crippen LogP contribution in [0.1, 0.15) is 54.8 Å². The quantitative estimate of drug-likeness (QED) is 0.160. The minimum Gasteiger partial charge on any atom is -0.378 e. The minimum absolute atomic E-state index is 0.00309. The van der Waals surface area contributed by atoms with Crippen molar-refractivity contribution in [1.82, 2.24) is 25.6 Å². The van der Waals surface area contributed by atoms with Gasteiger partial charge in [0.05, 0.1) is 17.9 Å². The molecule has 0 spiro atoms. The number of carbonyl (C=O) groups excluding carboxylic acids is 1. The van der Waals surface area contributed by atoms with E-state index in [-0.39, 0.29) is 5.78 Å². The van der Waals surface area contributed by atoms with E-state index in [9.17, 15) is 4.79 Å². The van der Waals surface area contributed by atoms with Crippen LogP contribution in [0, 0.1) is 5.92 Å². The molecule has 0 saturated heterocycles. The molecule has 2 fully saturated rings. The molecule has 0 aliphatic heterocycles. The number of aromatic nitrogens is 2. The lowest BCUT2D eigenvalue weighted by Gasteiger charge is -2.09. The van der Waals surface area contributed by atoms with E-state index in [1.54, 1.807) is 19.1 Å². The number of halogens is 1. The average Bonchev–Trinajstić information content (AvgIpc) is 3.74. The van der Waals surface area contributed by atoms with Crippen molar-refractivity contribution in [3.05, 3.63) is 94.7 Å². The molecule has 2 heterocycles. The standard InChI is InChI=1S/C27H30ClN5O/c1-18(34)5-9-24(15-31-30-13-22-12-26(22)20-3-2-4-23(28)11-20)29-14-25-17-33-16-21(19-6-7-19)8-10-27(33)32-25/h2-5,8-11,15-17,19,22,26,29-31H,6-7,12-14H2,1H3/b9-5-,24-15+/t22-,26-/m1/s1. The first-order valence-corrected chi connectivity index (χ1v) is 12.3. The molecule has 1 aromatic carbocycles. The Bertz CT molecular complexity index is 1240. The van der Waals surface area contributed by atoms with Crippen LogP contribution in [0.5, 0.6) is 0 Å². The zero-order valence-corrected chi connectivity index (χ0v) is 20.1. The summed E-state index contributed by atoms with van der Waals surface area (Å²) in [6, 6.07) is 12.4. The van der Waals surface area contributed by atoms with Crippen molar-refractivity contribution in [2.24, 2.45) is 5.92 Å². The van der Waals surface area contributed by atoms with Gasteiger partial charge in [0, 0.05) is 30.2 Å². The number of nitrogens with zero attached hydrogens (tertiary/aromatic N) is 2. The van der Waals surface area contributed by atoms with Crippen molar-refractivity contribution in [3.63, 3.8) is 0 Å². The number of hydrogen-bond donors (Lipinski definition) is 3. The van der Waals surface area contributed by atoms with Crippen LogP contribution in [0.4, 0.5) is 0 Å². The molecule has 2 aliphatic rings. The summed E-state index contributed by atoms with van der Waals surface area (Å²) in [6.07, 6.45) is 13.2. The average molecular weight is 476 g/mol. The Kier molecular flexibility index (Phi) is 6.70. The molecular formula is C27H30ClN5O. The zero-order valence-electron chi connectivity index (χ0n) is 19.3.